The van der Waals surface area contributed by atoms with Gasteiger partial charge in [-0.3, -0.25) is 4.57 Å². The third-order valence-electron chi connectivity index (χ3n) is 9.14. The van der Waals surface area contributed by atoms with Gasteiger partial charge in [0.1, 0.15) is 0 Å². The summed E-state index contributed by atoms with van der Waals surface area (Å²) in [6.45, 7) is 4.61. The van der Waals surface area contributed by atoms with E-state index < -0.39 is 0 Å². The number of hydrogen-bond donors (Lipinski definition) is 0. The van der Waals surface area contributed by atoms with Crippen LogP contribution in [0.4, 0.5) is 0 Å². The molecule has 0 saturated heterocycles. The second kappa shape index (κ2) is 8.37. The zero-order chi connectivity index (χ0) is 28.0. The summed E-state index contributed by atoms with van der Waals surface area (Å²) in [7, 11) is 0. The lowest BCUT2D eigenvalue weighted by atomic mass is 9.80. The molecule has 0 bridgehead atoms. The van der Waals surface area contributed by atoms with Crippen molar-refractivity contribution in [2.24, 2.45) is 0 Å². The van der Waals surface area contributed by atoms with Gasteiger partial charge in [0, 0.05) is 32.9 Å². The van der Waals surface area contributed by atoms with Crippen molar-refractivity contribution in [3.05, 3.63) is 139 Å². The lowest BCUT2D eigenvalue weighted by molar-refractivity contribution is 0.657. The first-order valence-electron chi connectivity index (χ1n) is 14.5. The monoisotopic (exact) mass is 537 g/mol. The van der Waals surface area contributed by atoms with E-state index in [-0.39, 0.29) is 5.41 Å². The Balaban J connectivity index is 1.42. The molecule has 2 heterocycles. The third-order valence-corrected chi connectivity index (χ3v) is 9.14. The quantitative estimate of drug-likeness (QED) is 0.220. The molecule has 9 rings (SSSR count). The zero-order valence-electron chi connectivity index (χ0n) is 23.5. The molecule has 0 unspecified atom stereocenters. The minimum atomic E-state index is -0.234. The molecule has 0 radical (unpaired) electrons. The topological polar surface area (TPSA) is 30.7 Å². The Labute approximate surface area is 243 Å². The van der Waals surface area contributed by atoms with Gasteiger partial charge in [0.2, 0.25) is 5.95 Å². The molecule has 198 valence electrons. The maximum absolute atomic E-state index is 5.47. The average molecular weight is 538 g/mol. The molecule has 0 N–H and O–H groups in total. The molecule has 0 aliphatic heterocycles. The van der Waals surface area contributed by atoms with Crippen molar-refractivity contribution in [3.63, 3.8) is 0 Å². The summed E-state index contributed by atoms with van der Waals surface area (Å²) in [5, 5.41) is 7.29. The highest BCUT2D eigenvalue weighted by atomic mass is 15.2. The van der Waals surface area contributed by atoms with Crippen LogP contribution in [0.1, 0.15) is 25.0 Å². The smallest absolute Gasteiger partial charge is 0.235 e. The van der Waals surface area contributed by atoms with Crippen LogP contribution in [0.25, 0.3) is 71.8 Å². The molecule has 1 aliphatic carbocycles. The number of rotatable bonds is 2. The van der Waals surface area contributed by atoms with E-state index >= 15 is 0 Å². The van der Waals surface area contributed by atoms with Gasteiger partial charge in [0.15, 0.2) is 0 Å². The van der Waals surface area contributed by atoms with E-state index in [2.05, 4.69) is 146 Å². The predicted octanol–water partition coefficient (Wildman–Crippen LogP) is 9.85. The second-order valence-electron chi connectivity index (χ2n) is 11.9. The fraction of sp³-hybridized carbons (Fsp3) is 0.0769. The summed E-state index contributed by atoms with van der Waals surface area (Å²) in [6, 6.07) is 45.7. The zero-order valence-corrected chi connectivity index (χ0v) is 23.5. The largest absolute Gasteiger partial charge is 0.278 e. The first-order valence-corrected chi connectivity index (χ1v) is 14.5. The molecule has 0 fully saturated rings. The molecule has 0 saturated carbocycles. The number of benzene rings is 6. The Kier molecular flexibility index (Phi) is 4.67. The Bertz CT molecular complexity index is 2390. The molecule has 0 atom stereocenters. The van der Waals surface area contributed by atoms with Gasteiger partial charge in [0.05, 0.1) is 22.4 Å². The number of hydrogen-bond acceptors (Lipinski definition) is 2. The van der Waals surface area contributed by atoms with Crippen molar-refractivity contribution in [2.75, 3.05) is 0 Å². The van der Waals surface area contributed by atoms with Gasteiger partial charge in [-0.25, -0.2) is 9.97 Å². The molecule has 6 aromatic carbocycles. The van der Waals surface area contributed by atoms with Gasteiger partial charge < -0.3 is 0 Å². The van der Waals surface area contributed by atoms with Crippen LogP contribution in [0, 0.1) is 0 Å². The van der Waals surface area contributed by atoms with Crippen LogP contribution in [-0.2, 0) is 5.41 Å². The van der Waals surface area contributed by atoms with E-state index in [1.54, 1.807) is 0 Å². The van der Waals surface area contributed by atoms with E-state index in [9.17, 15) is 0 Å². The lowest BCUT2D eigenvalue weighted by Gasteiger charge is -2.24. The van der Waals surface area contributed by atoms with Crippen LogP contribution in [0.5, 0.6) is 0 Å². The highest BCUT2D eigenvalue weighted by molar-refractivity contribution is 6.13. The average Bonchev–Trinajstić information content (AvgIpc) is 3.47. The number of aromatic nitrogens is 3. The van der Waals surface area contributed by atoms with Crippen molar-refractivity contribution in [1.82, 2.24) is 14.5 Å². The van der Waals surface area contributed by atoms with Crippen molar-refractivity contribution in [2.45, 2.75) is 19.3 Å². The van der Waals surface area contributed by atoms with Crippen LogP contribution in [0.3, 0.4) is 0 Å². The van der Waals surface area contributed by atoms with Crippen LogP contribution < -0.4 is 0 Å². The molecular formula is C39H27N3. The first kappa shape index (κ1) is 23.4. The second-order valence-corrected chi connectivity index (χ2v) is 11.9. The maximum Gasteiger partial charge on any atom is 0.235 e. The number of para-hydroxylation sites is 1. The van der Waals surface area contributed by atoms with Gasteiger partial charge >= 0.3 is 0 Å². The molecular weight excluding hydrogens is 510 g/mol. The molecule has 3 nitrogen and oxygen atoms in total. The van der Waals surface area contributed by atoms with Gasteiger partial charge in [0.25, 0.3) is 0 Å². The van der Waals surface area contributed by atoms with E-state index in [4.69, 9.17) is 9.97 Å². The minimum absolute atomic E-state index is 0.234. The van der Waals surface area contributed by atoms with Crippen molar-refractivity contribution < 1.29 is 0 Å². The molecule has 0 spiro atoms. The highest BCUT2D eigenvalue weighted by Crippen LogP contribution is 2.51. The lowest BCUT2D eigenvalue weighted by Crippen LogP contribution is -2.18. The number of fused-ring (bicyclic) bond motifs is 8. The predicted molar refractivity (Wildman–Crippen MR) is 174 cm³/mol. The van der Waals surface area contributed by atoms with Crippen molar-refractivity contribution in [1.29, 1.82) is 0 Å². The maximum atomic E-state index is 5.47. The van der Waals surface area contributed by atoms with E-state index in [0.29, 0.717) is 5.95 Å². The normalized spacial score (nSPS) is 13.7. The molecule has 42 heavy (non-hydrogen) atoms. The fourth-order valence-corrected chi connectivity index (χ4v) is 7.12. The Morgan fingerprint density at radius 3 is 2.00 bits per heavy atom. The van der Waals surface area contributed by atoms with Crippen molar-refractivity contribution >= 4 is 43.4 Å². The first-order chi connectivity index (χ1) is 20.6. The van der Waals surface area contributed by atoms with Gasteiger partial charge in [-0.1, -0.05) is 117 Å². The molecule has 1 aliphatic rings. The summed E-state index contributed by atoms with van der Waals surface area (Å²) in [5.41, 5.74) is 8.79. The molecule has 0 amide bonds. The van der Waals surface area contributed by atoms with Gasteiger partial charge in [-0.15, -0.1) is 0 Å². The van der Waals surface area contributed by atoms with E-state index in [0.717, 1.165) is 28.0 Å². The van der Waals surface area contributed by atoms with Crippen LogP contribution in [0.2, 0.25) is 0 Å². The summed E-state index contributed by atoms with van der Waals surface area (Å²) < 4.78 is 2.26. The van der Waals surface area contributed by atoms with E-state index in [1.165, 1.54) is 49.0 Å². The molecule has 2 aromatic heterocycles. The SMILES string of the molecule is CC1(C)c2ccccc2-c2nc(-n3c4ccccc4c4cc5ccccc5cc43)nc(-c3ccc4ccccc4c3)c21. The number of nitrogens with zero attached hydrogens (tertiary/aromatic N) is 3. The summed E-state index contributed by atoms with van der Waals surface area (Å²) in [6.07, 6.45) is 0. The molecule has 3 heteroatoms. The Hall–Kier alpha value is -5.28. The highest BCUT2D eigenvalue weighted by Gasteiger charge is 2.40. The standard InChI is InChI=1S/C39H27N3/c1-39(2)32-17-9-7-16-30(32)37-35(39)36(28-20-19-24-11-3-4-12-25(24)21-28)40-38(41-37)42-33-18-10-8-15-29(33)31-22-26-13-5-6-14-27(26)23-34(31)42/h3-23H,1-2H3. The summed E-state index contributed by atoms with van der Waals surface area (Å²) in [5.74, 6) is 0.700. The van der Waals surface area contributed by atoms with Gasteiger partial charge in [-0.05, 0) is 51.4 Å². The minimum Gasteiger partial charge on any atom is -0.278 e. The van der Waals surface area contributed by atoms with Crippen LogP contribution in [0.15, 0.2) is 127 Å². The van der Waals surface area contributed by atoms with E-state index in [1.807, 2.05) is 0 Å². The Morgan fingerprint density at radius 1 is 0.524 bits per heavy atom. The fourth-order valence-electron chi connectivity index (χ4n) is 7.12. The third kappa shape index (κ3) is 3.16. The van der Waals surface area contributed by atoms with Crippen LogP contribution >= 0.6 is 0 Å². The Morgan fingerprint density at radius 2 is 1.17 bits per heavy atom. The summed E-state index contributed by atoms with van der Waals surface area (Å²) in [4.78, 5) is 10.9. The summed E-state index contributed by atoms with van der Waals surface area (Å²) >= 11 is 0. The van der Waals surface area contributed by atoms with Crippen LogP contribution in [-0.4, -0.2) is 14.5 Å². The molecule has 8 aromatic rings. The van der Waals surface area contributed by atoms with Crippen molar-refractivity contribution in [3.8, 4) is 28.5 Å². The van der Waals surface area contributed by atoms with Gasteiger partial charge in [-0.2, -0.15) is 0 Å².